The van der Waals surface area contributed by atoms with E-state index in [9.17, 15) is 4.79 Å². The second-order valence-corrected chi connectivity index (χ2v) is 6.37. The lowest BCUT2D eigenvalue weighted by Crippen LogP contribution is -2.48. The van der Waals surface area contributed by atoms with Crippen LogP contribution in [0.25, 0.3) is 0 Å². The van der Waals surface area contributed by atoms with Crippen LogP contribution in [-0.4, -0.2) is 47.9 Å². The molecule has 0 aliphatic carbocycles. The Balaban J connectivity index is 1.59. The number of carbonyl (C=O) groups is 1. The number of nitrogens with two attached hydrogens (primary N) is 1. The minimum atomic E-state index is 0.303. The molecule has 0 aromatic heterocycles. The first kappa shape index (κ1) is 14.5. The van der Waals surface area contributed by atoms with E-state index in [1.807, 2.05) is 0 Å². The van der Waals surface area contributed by atoms with Gasteiger partial charge in [0.25, 0.3) is 0 Å². The summed E-state index contributed by atoms with van der Waals surface area (Å²) in [6.07, 6.45) is 2.95. The summed E-state index contributed by atoms with van der Waals surface area (Å²) in [5.41, 5.74) is 7.08. The van der Waals surface area contributed by atoms with Gasteiger partial charge in [0.05, 0.1) is 0 Å². The molecule has 2 atom stereocenters. The van der Waals surface area contributed by atoms with Gasteiger partial charge < -0.3 is 10.6 Å². The van der Waals surface area contributed by atoms with Crippen LogP contribution in [0.5, 0.6) is 0 Å². The summed E-state index contributed by atoms with van der Waals surface area (Å²) in [6.45, 7) is 4.60. The molecule has 2 heterocycles. The maximum Gasteiger partial charge on any atom is 0.223 e. The van der Waals surface area contributed by atoms with Gasteiger partial charge in [-0.1, -0.05) is 30.3 Å². The lowest BCUT2D eigenvalue weighted by molar-refractivity contribution is -0.130. The third-order valence-electron chi connectivity index (χ3n) is 4.74. The molecule has 2 N–H and O–H groups in total. The Morgan fingerprint density at radius 3 is 2.71 bits per heavy atom. The second-order valence-electron chi connectivity index (χ2n) is 6.37. The molecule has 2 aliphatic heterocycles. The summed E-state index contributed by atoms with van der Waals surface area (Å²) in [5, 5.41) is 0. The van der Waals surface area contributed by atoms with Crippen molar-refractivity contribution in [1.82, 2.24) is 9.80 Å². The van der Waals surface area contributed by atoms with Gasteiger partial charge in [0, 0.05) is 32.1 Å². The van der Waals surface area contributed by atoms with Crippen molar-refractivity contribution in [2.45, 2.75) is 31.8 Å². The monoisotopic (exact) mass is 287 g/mol. The van der Waals surface area contributed by atoms with Gasteiger partial charge in [-0.3, -0.25) is 9.69 Å². The Labute approximate surface area is 126 Å². The van der Waals surface area contributed by atoms with Crippen molar-refractivity contribution in [2.24, 2.45) is 11.7 Å². The van der Waals surface area contributed by atoms with Crippen LogP contribution in [0.4, 0.5) is 0 Å². The lowest BCUT2D eigenvalue weighted by atomic mass is 10.0. The van der Waals surface area contributed by atoms with Crippen molar-refractivity contribution in [3.63, 3.8) is 0 Å². The molecule has 4 heteroatoms. The number of rotatable bonds is 4. The lowest BCUT2D eigenvalue weighted by Gasteiger charge is -2.37. The molecule has 1 aromatic carbocycles. The number of nitrogens with zero attached hydrogens (tertiary/aromatic N) is 2. The summed E-state index contributed by atoms with van der Waals surface area (Å²) in [5.74, 6) is 0.666. The number of likely N-dealkylation sites (tertiary alicyclic amines) is 2. The zero-order valence-electron chi connectivity index (χ0n) is 12.6. The van der Waals surface area contributed by atoms with E-state index in [2.05, 4.69) is 40.1 Å². The van der Waals surface area contributed by atoms with Gasteiger partial charge in [-0.05, 0) is 37.4 Å². The highest BCUT2D eigenvalue weighted by Gasteiger charge is 2.35. The third-order valence-corrected chi connectivity index (χ3v) is 4.74. The number of carbonyl (C=O) groups excluding carboxylic acids is 1. The van der Waals surface area contributed by atoms with Crippen molar-refractivity contribution in [2.75, 3.05) is 26.2 Å². The van der Waals surface area contributed by atoms with E-state index in [1.54, 1.807) is 0 Å². The molecule has 2 aliphatic rings. The summed E-state index contributed by atoms with van der Waals surface area (Å²) < 4.78 is 0. The SMILES string of the molecule is NCC1CC(=O)N([C@@H]2CCCN(Cc3ccccc3)C2)C1. The fourth-order valence-corrected chi connectivity index (χ4v) is 3.59. The number of piperidine rings is 1. The Morgan fingerprint density at radius 1 is 1.19 bits per heavy atom. The van der Waals surface area contributed by atoms with E-state index < -0.39 is 0 Å². The Bertz CT molecular complexity index is 476. The minimum absolute atomic E-state index is 0.303. The first-order valence-electron chi connectivity index (χ1n) is 8.02. The standard InChI is InChI=1S/C17H25N3O/c18-10-15-9-17(21)20(12-15)16-7-4-8-19(13-16)11-14-5-2-1-3-6-14/h1-3,5-6,15-16H,4,7-13,18H2/t15?,16-/m1/s1. The van der Waals surface area contributed by atoms with Gasteiger partial charge >= 0.3 is 0 Å². The van der Waals surface area contributed by atoms with Crippen molar-refractivity contribution in [3.05, 3.63) is 35.9 Å². The molecule has 0 saturated carbocycles. The summed E-state index contributed by atoms with van der Waals surface area (Å²) in [4.78, 5) is 16.7. The smallest absolute Gasteiger partial charge is 0.223 e. The van der Waals surface area contributed by atoms with Crippen LogP contribution in [0.2, 0.25) is 0 Å². The molecule has 1 aromatic rings. The molecule has 2 saturated heterocycles. The number of amides is 1. The second kappa shape index (κ2) is 6.58. The van der Waals surface area contributed by atoms with Crippen molar-refractivity contribution in [3.8, 4) is 0 Å². The average Bonchev–Trinajstić information content (AvgIpc) is 2.90. The van der Waals surface area contributed by atoms with Gasteiger partial charge in [-0.25, -0.2) is 0 Å². The highest BCUT2D eigenvalue weighted by atomic mass is 16.2. The first-order valence-corrected chi connectivity index (χ1v) is 8.02. The topological polar surface area (TPSA) is 49.6 Å². The van der Waals surface area contributed by atoms with E-state index in [0.29, 0.717) is 30.8 Å². The van der Waals surface area contributed by atoms with Crippen molar-refractivity contribution in [1.29, 1.82) is 0 Å². The third kappa shape index (κ3) is 3.44. The molecule has 3 rings (SSSR count). The van der Waals surface area contributed by atoms with Gasteiger partial charge in [-0.15, -0.1) is 0 Å². The van der Waals surface area contributed by atoms with Gasteiger partial charge in [-0.2, -0.15) is 0 Å². The van der Waals surface area contributed by atoms with Crippen LogP contribution in [0.1, 0.15) is 24.8 Å². The molecular formula is C17H25N3O. The van der Waals surface area contributed by atoms with Gasteiger partial charge in [0.1, 0.15) is 0 Å². The number of hydrogen-bond acceptors (Lipinski definition) is 3. The van der Waals surface area contributed by atoms with Crippen LogP contribution in [0.15, 0.2) is 30.3 Å². The molecule has 1 unspecified atom stereocenters. The molecular weight excluding hydrogens is 262 g/mol. The fourth-order valence-electron chi connectivity index (χ4n) is 3.59. The van der Waals surface area contributed by atoms with Crippen molar-refractivity contribution < 1.29 is 4.79 Å². The van der Waals surface area contributed by atoms with Crippen LogP contribution in [0.3, 0.4) is 0 Å². The maximum absolute atomic E-state index is 12.2. The Kier molecular flexibility index (Phi) is 4.56. The van der Waals surface area contributed by atoms with Crippen LogP contribution in [0, 0.1) is 5.92 Å². The molecule has 4 nitrogen and oxygen atoms in total. The van der Waals surface area contributed by atoms with Crippen LogP contribution < -0.4 is 5.73 Å². The first-order chi connectivity index (χ1) is 10.3. The van der Waals surface area contributed by atoms with Crippen LogP contribution >= 0.6 is 0 Å². The molecule has 0 radical (unpaired) electrons. The number of benzene rings is 1. The van der Waals surface area contributed by atoms with Crippen LogP contribution in [-0.2, 0) is 11.3 Å². The highest BCUT2D eigenvalue weighted by molar-refractivity contribution is 5.79. The Morgan fingerprint density at radius 2 is 2.00 bits per heavy atom. The average molecular weight is 287 g/mol. The summed E-state index contributed by atoms with van der Waals surface area (Å²) in [7, 11) is 0. The van der Waals surface area contributed by atoms with Crippen molar-refractivity contribution >= 4 is 5.91 Å². The van der Waals surface area contributed by atoms with E-state index in [-0.39, 0.29) is 0 Å². The molecule has 0 spiro atoms. The quantitative estimate of drug-likeness (QED) is 0.912. The molecule has 21 heavy (non-hydrogen) atoms. The largest absolute Gasteiger partial charge is 0.338 e. The van der Waals surface area contributed by atoms with E-state index in [4.69, 9.17) is 5.73 Å². The minimum Gasteiger partial charge on any atom is -0.338 e. The predicted octanol–water partition coefficient (Wildman–Crippen LogP) is 1.46. The highest BCUT2D eigenvalue weighted by Crippen LogP contribution is 2.25. The molecule has 1 amide bonds. The summed E-state index contributed by atoms with van der Waals surface area (Å²) in [6, 6.07) is 11.0. The zero-order chi connectivity index (χ0) is 14.7. The van der Waals surface area contributed by atoms with E-state index in [1.165, 1.54) is 12.0 Å². The fraction of sp³-hybridized carbons (Fsp3) is 0.588. The van der Waals surface area contributed by atoms with Gasteiger partial charge in [0.15, 0.2) is 0 Å². The number of hydrogen-bond donors (Lipinski definition) is 1. The molecule has 114 valence electrons. The van der Waals surface area contributed by atoms with Gasteiger partial charge in [0.2, 0.25) is 5.91 Å². The Hall–Kier alpha value is -1.39. The zero-order valence-corrected chi connectivity index (χ0v) is 12.6. The summed E-state index contributed by atoms with van der Waals surface area (Å²) >= 11 is 0. The van der Waals surface area contributed by atoms with E-state index in [0.717, 1.165) is 32.6 Å². The van der Waals surface area contributed by atoms with E-state index >= 15 is 0 Å². The normalized spacial score (nSPS) is 27.3. The molecule has 2 fully saturated rings. The predicted molar refractivity (Wildman–Crippen MR) is 83.6 cm³/mol. The molecule has 0 bridgehead atoms. The maximum atomic E-state index is 12.2.